The molecule has 2 aromatic carbocycles. The standard InChI is InChI=1S/C39H45N9O3S/c1-5-17-48-25-41-37(45-48)29-8-6-27(7-9-29)28-14-18-47(19-15-28)35(49)23-46-20-16-39(24-46,52-4)38(50)42-31-11-12-33-32(21-31)36(44-43-33)30-10-13-34(40-22-30)51-26(2)3/h6-14,21-22,25-26H,5,15-20,23-24H2,1-4H3,(H,42,50)(H,43,44)/t39-/m0/s1. The number of nitrogens with one attached hydrogen (secondary N) is 2. The van der Waals surface area contributed by atoms with E-state index >= 15 is 0 Å². The van der Waals surface area contributed by atoms with Crippen molar-refractivity contribution in [2.24, 2.45) is 0 Å². The number of aromatic nitrogens is 6. The van der Waals surface area contributed by atoms with Gasteiger partial charge in [-0.25, -0.2) is 9.97 Å². The maximum absolute atomic E-state index is 13.8. The highest BCUT2D eigenvalue weighted by atomic mass is 32.2. The average Bonchev–Trinajstić information content (AvgIpc) is 3.91. The van der Waals surface area contributed by atoms with Crippen LogP contribution in [-0.4, -0.2) is 101 Å². The molecule has 0 unspecified atom stereocenters. The third-order valence-corrected chi connectivity index (χ3v) is 11.0. The van der Waals surface area contributed by atoms with Gasteiger partial charge in [-0.3, -0.25) is 24.3 Å². The summed E-state index contributed by atoms with van der Waals surface area (Å²) in [6, 6.07) is 17.9. The molecule has 270 valence electrons. The molecule has 1 saturated heterocycles. The van der Waals surface area contributed by atoms with Crippen molar-refractivity contribution < 1.29 is 14.3 Å². The van der Waals surface area contributed by atoms with Gasteiger partial charge >= 0.3 is 0 Å². The minimum absolute atomic E-state index is 0.0376. The third-order valence-electron chi connectivity index (χ3n) is 9.73. The van der Waals surface area contributed by atoms with Crippen molar-refractivity contribution in [3.63, 3.8) is 0 Å². The lowest BCUT2D eigenvalue weighted by Crippen LogP contribution is -2.45. The van der Waals surface area contributed by atoms with Gasteiger partial charge in [0.05, 0.1) is 18.2 Å². The van der Waals surface area contributed by atoms with Crippen molar-refractivity contribution in [1.82, 2.24) is 39.7 Å². The van der Waals surface area contributed by atoms with Crippen LogP contribution < -0.4 is 10.1 Å². The topological polar surface area (TPSA) is 134 Å². The number of hydrogen-bond acceptors (Lipinski definition) is 9. The zero-order valence-corrected chi connectivity index (χ0v) is 30.9. The molecule has 7 rings (SSSR count). The molecule has 0 saturated carbocycles. The van der Waals surface area contributed by atoms with E-state index in [0.717, 1.165) is 58.5 Å². The van der Waals surface area contributed by atoms with Crippen LogP contribution in [0.3, 0.4) is 0 Å². The Balaban J connectivity index is 0.943. The molecule has 0 aliphatic carbocycles. The van der Waals surface area contributed by atoms with Crippen molar-refractivity contribution in [3.05, 3.63) is 78.8 Å². The molecule has 13 heteroatoms. The highest BCUT2D eigenvalue weighted by molar-refractivity contribution is 8.00. The maximum Gasteiger partial charge on any atom is 0.241 e. The number of benzene rings is 2. The lowest BCUT2D eigenvalue weighted by molar-refractivity contribution is -0.132. The lowest BCUT2D eigenvalue weighted by atomic mass is 9.98. The van der Waals surface area contributed by atoms with Crippen LogP contribution in [0, 0.1) is 0 Å². The van der Waals surface area contributed by atoms with Gasteiger partial charge in [0.25, 0.3) is 0 Å². The molecule has 5 aromatic rings. The average molecular weight is 720 g/mol. The molecule has 2 aliphatic rings. The number of rotatable bonds is 12. The van der Waals surface area contributed by atoms with Crippen molar-refractivity contribution in [3.8, 4) is 28.5 Å². The summed E-state index contributed by atoms with van der Waals surface area (Å²) in [6.45, 7) is 9.63. The van der Waals surface area contributed by atoms with Gasteiger partial charge in [0, 0.05) is 67.2 Å². The van der Waals surface area contributed by atoms with Crippen LogP contribution in [0.1, 0.15) is 45.6 Å². The summed E-state index contributed by atoms with van der Waals surface area (Å²) in [5.41, 5.74) is 6.55. The normalized spacial score (nSPS) is 17.9. The van der Waals surface area contributed by atoms with E-state index in [0.29, 0.717) is 50.7 Å². The minimum atomic E-state index is -0.657. The number of aryl methyl sites for hydroxylation is 1. The zero-order chi connectivity index (χ0) is 36.2. The minimum Gasteiger partial charge on any atom is -0.475 e. The van der Waals surface area contributed by atoms with Gasteiger partial charge in [-0.1, -0.05) is 37.3 Å². The van der Waals surface area contributed by atoms with Crippen LogP contribution in [0.15, 0.2) is 73.2 Å². The first-order chi connectivity index (χ1) is 25.2. The molecule has 0 bridgehead atoms. The van der Waals surface area contributed by atoms with Crippen LogP contribution in [0.4, 0.5) is 5.69 Å². The summed E-state index contributed by atoms with van der Waals surface area (Å²) in [4.78, 5) is 40.2. The first kappa shape index (κ1) is 35.4. The number of anilines is 1. The summed E-state index contributed by atoms with van der Waals surface area (Å²) in [6.07, 6.45) is 10.2. The number of hydrogen-bond donors (Lipinski definition) is 2. The predicted octanol–water partition coefficient (Wildman–Crippen LogP) is 6.14. The lowest BCUT2D eigenvalue weighted by Gasteiger charge is -2.29. The number of fused-ring (bicyclic) bond motifs is 1. The van der Waals surface area contributed by atoms with Gasteiger partial charge in [0.2, 0.25) is 17.7 Å². The number of aromatic amines is 1. The number of likely N-dealkylation sites (tertiary alicyclic amines) is 1. The van der Waals surface area contributed by atoms with E-state index in [9.17, 15) is 9.59 Å². The number of carbonyl (C=O) groups is 2. The highest BCUT2D eigenvalue weighted by Crippen LogP contribution is 2.36. The molecule has 52 heavy (non-hydrogen) atoms. The largest absolute Gasteiger partial charge is 0.475 e. The van der Waals surface area contributed by atoms with Gasteiger partial charge in [-0.2, -0.15) is 10.2 Å². The van der Waals surface area contributed by atoms with Gasteiger partial charge in [-0.05, 0) is 74.8 Å². The van der Waals surface area contributed by atoms with E-state index in [1.54, 1.807) is 24.3 Å². The predicted molar refractivity (Wildman–Crippen MR) is 206 cm³/mol. The first-order valence-corrected chi connectivity index (χ1v) is 19.1. The zero-order valence-electron chi connectivity index (χ0n) is 30.1. The molecular formula is C39H45N9O3S. The number of ether oxygens (including phenoxy) is 1. The number of thioether (sulfide) groups is 1. The summed E-state index contributed by atoms with van der Waals surface area (Å²) < 4.78 is 6.90. The van der Waals surface area contributed by atoms with E-state index in [-0.39, 0.29) is 17.9 Å². The van der Waals surface area contributed by atoms with Crippen molar-refractivity contribution in [2.75, 3.05) is 44.3 Å². The van der Waals surface area contributed by atoms with E-state index in [2.05, 4.69) is 72.7 Å². The Morgan fingerprint density at radius 3 is 2.56 bits per heavy atom. The number of nitrogens with zero attached hydrogens (tertiary/aromatic N) is 7. The van der Waals surface area contributed by atoms with Crippen molar-refractivity contribution in [1.29, 1.82) is 0 Å². The fourth-order valence-corrected chi connectivity index (χ4v) is 7.72. The molecule has 5 heterocycles. The van der Waals surface area contributed by atoms with Crippen LogP contribution >= 0.6 is 11.8 Å². The molecule has 1 fully saturated rings. The quantitative estimate of drug-likeness (QED) is 0.156. The Labute approximate surface area is 308 Å². The van der Waals surface area contributed by atoms with E-state index < -0.39 is 4.75 Å². The van der Waals surface area contributed by atoms with Gasteiger partial charge in [0.15, 0.2) is 5.82 Å². The van der Waals surface area contributed by atoms with Crippen LogP contribution in [0.25, 0.3) is 39.1 Å². The van der Waals surface area contributed by atoms with E-state index in [1.807, 2.05) is 60.0 Å². The number of carbonyl (C=O) groups excluding carboxylic acids is 2. The fraction of sp³-hybridized carbons (Fsp3) is 0.385. The number of H-pyrrole nitrogens is 1. The second-order valence-electron chi connectivity index (χ2n) is 13.7. The number of pyridine rings is 1. The van der Waals surface area contributed by atoms with E-state index in [1.165, 1.54) is 5.57 Å². The molecule has 3 aromatic heterocycles. The Morgan fingerprint density at radius 1 is 1.04 bits per heavy atom. The summed E-state index contributed by atoms with van der Waals surface area (Å²) >= 11 is 1.55. The Morgan fingerprint density at radius 2 is 1.85 bits per heavy atom. The molecule has 0 radical (unpaired) electrons. The van der Waals surface area contributed by atoms with Crippen LogP contribution in [0.5, 0.6) is 5.88 Å². The van der Waals surface area contributed by atoms with Gasteiger partial charge in [0.1, 0.15) is 16.8 Å². The van der Waals surface area contributed by atoms with Crippen molar-refractivity contribution >= 4 is 45.7 Å². The monoisotopic (exact) mass is 719 g/mol. The summed E-state index contributed by atoms with van der Waals surface area (Å²) in [5.74, 6) is 1.33. The summed E-state index contributed by atoms with van der Waals surface area (Å²) in [7, 11) is 0. The molecule has 0 spiro atoms. The molecular weight excluding hydrogens is 675 g/mol. The molecule has 2 aliphatic heterocycles. The van der Waals surface area contributed by atoms with Crippen LogP contribution in [-0.2, 0) is 16.1 Å². The first-order valence-electron chi connectivity index (χ1n) is 17.9. The summed E-state index contributed by atoms with van der Waals surface area (Å²) in [5, 5.41) is 16.2. The van der Waals surface area contributed by atoms with Gasteiger partial charge in [-0.15, -0.1) is 11.8 Å². The SMILES string of the molecule is CCCn1cnc(-c2ccc(C3=CCN(C(=O)CN4CC[C@@](SC)(C(=O)Nc5ccc6[nH]nc(-c7ccc(OC(C)C)nc7)c6c5)C4)CC3)cc2)n1. The van der Waals surface area contributed by atoms with Crippen LogP contribution in [0.2, 0.25) is 0 Å². The second kappa shape index (κ2) is 15.3. The molecule has 1 atom stereocenters. The maximum atomic E-state index is 13.8. The van der Waals surface area contributed by atoms with Gasteiger partial charge < -0.3 is 15.0 Å². The molecule has 2 amide bonds. The van der Waals surface area contributed by atoms with E-state index in [4.69, 9.17) is 4.74 Å². The Hall–Kier alpha value is -5.01. The third kappa shape index (κ3) is 7.61. The molecule has 2 N–H and O–H groups in total. The van der Waals surface area contributed by atoms with Crippen molar-refractivity contribution in [2.45, 2.75) is 57.4 Å². The fourth-order valence-electron chi connectivity index (χ4n) is 6.87. The Bertz CT molecular complexity index is 2070. The smallest absolute Gasteiger partial charge is 0.241 e. The second-order valence-corrected chi connectivity index (χ2v) is 14.9. The highest BCUT2D eigenvalue weighted by Gasteiger charge is 2.44. The molecule has 12 nitrogen and oxygen atoms in total. The number of amides is 2. The Kier molecular flexibility index (Phi) is 10.4.